The van der Waals surface area contributed by atoms with E-state index in [0.29, 0.717) is 0 Å². The van der Waals surface area contributed by atoms with E-state index in [2.05, 4.69) is 0 Å². The zero-order chi connectivity index (χ0) is 0. The Hall–Kier alpha value is 1.34. The first-order valence-electron chi connectivity index (χ1n) is 0. The summed E-state index contributed by atoms with van der Waals surface area (Å²) in [4.78, 5) is 0. The van der Waals surface area contributed by atoms with E-state index in [1.54, 1.807) is 0 Å². The average molecular weight is 208 g/mol. The van der Waals surface area contributed by atoms with Crippen LogP contribution in [-0.4, -0.2) is 29.4 Å². The number of halogens is 2. The number of rotatable bonds is 0. The van der Waals surface area contributed by atoms with E-state index in [1.807, 2.05) is 0 Å². The monoisotopic (exact) mass is 208 g/mol. The van der Waals surface area contributed by atoms with Gasteiger partial charge in [-0.1, -0.05) is 0 Å². The molecule has 0 aromatic carbocycles. The summed E-state index contributed by atoms with van der Waals surface area (Å²) in [6.07, 6.45) is 0. The van der Waals surface area contributed by atoms with Crippen LogP contribution in [0.4, 0.5) is 0 Å². The average Bonchev–Trinajstić information content (AvgIpc) is 0. The van der Waals surface area contributed by atoms with E-state index in [-0.39, 0.29) is 54.2 Å². The SMILES string of the molecule is O.[Cl-].[Cl-].[Sn+4]. The molecule has 0 amide bonds. The van der Waals surface area contributed by atoms with Crippen LogP contribution in [0.15, 0.2) is 0 Å². The van der Waals surface area contributed by atoms with Crippen molar-refractivity contribution in [1.82, 2.24) is 0 Å². The first kappa shape index (κ1) is 56.1. The molecule has 0 saturated heterocycles. The van der Waals surface area contributed by atoms with Crippen LogP contribution in [0.2, 0.25) is 0 Å². The molecular formula is H2Cl2OSn+2. The first-order valence-corrected chi connectivity index (χ1v) is 0. The topological polar surface area (TPSA) is 31.5 Å². The Labute approximate surface area is 54.2 Å². The van der Waals surface area contributed by atoms with Crippen LogP contribution in [0.25, 0.3) is 0 Å². The normalized spacial score (nSPS) is 0. The minimum absolute atomic E-state index is 0. The standard InChI is InChI=1S/2ClH.H2O.Sn/h2*1H;1H2;/q;;;+4/p-2. The van der Waals surface area contributed by atoms with Gasteiger partial charge in [0.15, 0.2) is 0 Å². The van der Waals surface area contributed by atoms with Crippen molar-refractivity contribution in [3.05, 3.63) is 0 Å². The molecule has 4 heavy (non-hydrogen) atoms. The molecule has 0 aliphatic heterocycles. The van der Waals surface area contributed by atoms with E-state index in [1.165, 1.54) is 0 Å². The summed E-state index contributed by atoms with van der Waals surface area (Å²) in [5.74, 6) is 0. The van der Waals surface area contributed by atoms with Gasteiger partial charge in [0.05, 0.1) is 0 Å². The van der Waals surface area contributed by atoms with Crippen molar-refractivity contribution in [1.29, 1.82) is 0 Å². The molecule has 4 heteroatoms. The van der Waals surface area contributed by atoms with Crippen molar-refractivity contribution >= 4 is 23.9 Å². The molecule has 0 atom stereocenters. The van der Waals surface area contributed by atoms with Crippen LogP contribution in [0.5, 0.6) is 0 Å². The molecule has 0 rings (SSSR count). The Morgan fingerprint density at radius 1 is 0.750 bits per heavy atom. The van der Waals surface area contributed by atoms with Gasteiger partial charge in [0.2, 0.25) is 0 Å². The predicted molar refractivity (Wildman–Crippen MR) is 9.37 cm³/mol. The smallest absolute Gasteiger partial charge is 1.00 e. The van der Waals surface area contributed by atoms with E-state index < -0.39 is 0 Å². The van der Waals surface area contributed by atoms with Crippen LogP contribution in [0.3, 0.4) is 0 Å². The summed E-state index contributed by atoms with van der Waals surface area (Å²) in [7, 11) is 0. The molecule has 0 saturated carbocycles. The largest absolute Gasteiger partial charge is 4.00 e. The molecule has 0 unspecified atom stereocenters. The maximum atomic E-state index is 0. The molecule has 0 bridgehead atoms. The molecule has 0 spiro atoms. The van der Waals surface area contributed by atoms with E-state index in [0.717, 1.165) is 0 Å². The summed E-state index contributed by atoms with van der Waals surface area (Å²) in [6.45, 7) is 0. The van der Waals surface area contributed by atoms with Crippen molar-refractivity contribution in [2.24, 2.45) is 0 Å². The summed E-state index contributed by atoms with van der Waals surface area (Å²) in [5, 5.41) is 0. The van der Waals surface area contributed by atoms with Gasteiger partial charge in [-0.3, -0.25) is 0 Å². The fourth-order valence-electron chi connectivity index (χ4n) is 0. The van der Waals surface area contributed by atoms with Crippen LogP contribution >= 0.6 is 0 Å². The molecule has 0 aliphatic rings. The molecule has 0 heterocycles. The van der Waals surface area contributed by atoms with Crippen LogP contribution < -0.4 is 24.8 Å². The van der Waals surface area contributed by atoms with Crippen molar-refractivity contribution in [2.45, 2.75) is 0 Å². The van der Waals surface area contributed by atoms with Crippen molar-refractivity contribution < 1.29 is 30.3 Å². The van der Waals surface area contributed by atoms with Gasteiger partial charge < -0.3 is 30.3 Å². The first-order chi connectivity index (χ1) is 0. The van der Waals surface area contributed by atoms with E-state index >= 15 is 0 Å². The van der Waals surface area contributed by atoms with Gasteiger partial charge >= 0.3 is 23.9 Å². The molecule has 0 fully saturated rings. The maximum Gasteiger partial charge on any atom is 4.00 e. The Kier molecular flexibility index (Phi) is 378. The Balaban J connectivity index is 0. The second kappa shape index (κ2) is 27.0. The third-order valence-electron chi connectivity index (χ3n) is 0. The Bertz CT molecular complexity index is 6.00. The molecule has 1 nitrogen and oxygen atoms in total. The molecule has 0 radical (unpaired) electrons. The fourth-order valence-corrected chi connectivity index (χ4v) is 0. The molecular weight excluding hydrogens is 206 g/mol. The second-order valence-corrected chi connectivity index (χ2v) is 0. The third-order valence-corrected chi connectivity index (χ3v) is 0. The van der Waals surface area contributed by atoms with E-state index in [9.17, 15) is 0 Å². The van der Waals surface area contributed by atoms with Crippen LogP contribution in [0.1, 0.15) is 0 Å². The number of hydrogen-bond acceptors (Lipinski definition) is 0. The summed E-state index contributed by atoms with van der Waals surface area (Å²) in [6, 6.07) is 0. The quantitative estimate of drug-likeness (QED) is 0.354. The fraction of sp³-hybridized carbons (Fsp3) is 0. The van der Waals surface area contributed by atoms with Crippen LogP contribution in [0, 0.1) is 0 Å². The molecule has 24 valence electrons. The number of hydrogen-bond donors (Lipinski definition) is 0. The van der Waals surface area contributed by atoms with Gasteiger partial charge in [0.25, 0.3) is 0 Å². The van der Waals surface area contributed by atoms with Crippen LogP contribution in [-0.2, 0) is 0 Å². The Morgan fingerprint density at radius 3 is 0.750 bits per heavy atom. The summed E-state index contributed by atoms with van der Waals surface area (Å²) in [5.41, 5.74) is 0. The summed E-state index contributed by atoms with van der Waals surface area (Å²) < 4.78 is 0. The second-order valence-electron chi connectivity index (χ2n) is 0. The molecule has 0 aromatic heterocycles. The predicted octanol–water partition coefficient (Wildman–Crippen LogP) is -7.20. The van der Waals surface area contributed by atoms with Crippen molar-refractivity contribution in [3.8, 4) is 0 Å². The van der Waals surface area contributed by atoms with E-state index in [4.69, 9.17) is 0 Å². The molecule has 0 aliphatic carbocycles. The van der Waals surface area contributed by atoms with Gasteiger partial charge in [0, 0.05) is 0 Å². The van der Waals surface area contributed by atoms with Gasteiger partial charge in [-0.25, -0.2) is 0 Å². The van der Waals surface area contributed by atoms with Gasteiger partial charge in [0.1, 0.15) is 0 Å². The zero-order valence-corrected chi connectivity index (χ0v) is 6.12. The van der Waals surface area contributed by atoms with Gasteiger partial charge in [-0.05, 0) is 0 Å². The molecule has 0 aromatic rings. The minimum Gasteiger partial charge on any atom is -1.00 e. The van der Waals surface area contributed by atoms with Crippen molar-refractivity contribution in [2.75, 3.05) is 0 Å². The van der Waals surface area contributed by atoms with Crippen molar-refractivity contribution in [3.63, 3.8) is 0 Å². The summed E-state index contributed by atoms with van der Waals surface area (Å²) >= 11 is 0. The van der Waals surface area contributed by atoms with Gasteiger partial charge in [-0.2, -0.15) is 0 Å². The minimum atomic E-state index is 0. The Morgan fingerprint density at radius 2 is 0.750 bits per heavy atom. The van der Waals surface area contributed by atoms with Gasteiger partial charge in [-0.15, -0.1) is 0 Å². The molecule has 2 N–H and O–H groups in total. The third kappa shape index (κ3) is 10.2. The maximum absolute atomic E-state index is 0. The zero-order valence-electron chi connectivity index (χ0n) is 1.76.